The Morgan fingerprint density at radius 1 is 1.15 bits per heavy atom. The summed E-state index contributed by atoms with van der Waals surface area (Å²) in [5.74, 6) is -1.51. The van der Waals surface area contributed by atoms with Gasteiger partial charge < -0.3 is 24.8 Å². The Balaban J connectivity index is 1.41. The minimum absolute atomic E-state index is 0.0131. The van der Waals surface area contributed by atoms with Crippen LogP contribution in [0.5, 0.6) is 0 Å². The van der Waals surface area contributed by atoms with Gasteiger partial charge in [-0.1, -0.05) is 48.5 Å². The highest BCUT2D eigenvalue weighted by Gasteiger charge is 2.44. The molecule has 0 saturated carbocycles. The van der Waals surface area contributed by atoms with Gasteiger partial charge in [0.05, 0.1) is 12.0 Å². The van der Waals surface area contributed by atoms with Gasteiger partial charge in [0.1, 0.15) is 12.6 Å². The van der Waals surface area contributed by atoms with Gasteiger partial charge in [-0.05, 0) is 42.0 Å². The summed E-state index contributed by atoms with van der Waals surface area (Å²) >= 11 is 0. The van der Waals surface area contributed by atoms with E-state index in [0.29, 0.717) is 19.4 Å². The van der Waals surface area contributed by atoms with Crippen LogP contribution in [0.25, 0.3) is 11.1 Å². The van der Waals surface area contributed by atoms with Crippen molar-refractivity contribution in [3.63, 3.8) is 0 Å². The molecule has 0 spiro atoms. The molecular weight excluding hydrogens is 436 g/mol. The van der Waals surface area contributed by atoms with Crippen LogP contribution in [0, 0.1) is 5.41 Å². The number of rotatable bonds is 7. The van der Waals surface area contributed by atoms with Crippen LogP contribution in [-0.2, 0) is 19.1 Å². The summed E-state index contributed by atoms with van der Waals surface area (Å²) in [6, 6.07) is 15.2. The first-order valence-electron chi connectivity index (χ1n) is 11.5. The maximum Gasteiger partial charge on any atom is 0.407 e. The van der Waals surface area contributed by atoms with Crippen LogP contribution >= 0.6 is 0 Å². The van der Waals surface area contributed by atoms with Crippen LogP contribution < -0.4 is 5.32 Å². The van der Waals surface area contributed by atoms with Crippen molar-refractivity contribution in [3.8, 4) is 11.1 Å². The van der Waals surface area contributed by atoms with E-state index >= 15 is 0 Å². The Kier molecular flexibility index (Phi) is 6.88. The Labute approximate surface area is 198 Å². The van der Waals surface area contributed by atoms with E-state index in [4.69, 9.17) is 9.47 Å². The van der Waals surface area contributed by atoms with E-state index in [0.717, 1.165) is 22.3 Å². The molecule has 8 nitrogen and oxygen atoms in total. The summed E-state index contributed by atoms with van der Waals surface area (Å²) in [6.07, 6.45) is 0.521. The van der Waals surface area contributed by atoms with Crippen molar-refractivity contribution in [2.75, 3.05) is 33.4 Å². The number of hydrogen-bond acceptors (Lipinski definition) is 5. The van der Waals surface area contributed by atoms with Gasteiger partial charge in [0.15, 0.2) is 0 Å². The van der Waals surface area contributed by atoms with E-state index in [1.165, 1.54) is 18.9 Å². The molecule has 0 bridgehead atoms. The summed E-state index contributed by atoms with van der Waals surface area (Å²) in [4.78, 5) is 38.4. The Hall–Kier alpha value is -3.39. The topological polar surface area (TPSA) is 105 Å². The summed E-state index contributed by atoms with van der Waals surface area (Å²) in [5, 5.41) is 12.0. The number of hydrogen-bond donors (Lipinski definition) is 2. The average molecular weight is 467 g/mol. The van der Waals surface area contributed by atoms with Crippen molar-refractivity contribution < 1.29 is 29.0 Å². The van der Waals surface area contributed by atoms with E-state index in [1.54, 1.807) is 0 Å². The number of aliphatic carboxylic acids is 1. The van der Waals surface area contributed by atoms with E-state index in [2.05, 4.69) is 17.4 Å². The highest BCUT2D eigenvalue weighted by molar-refractivity contribution is 5.88. The van der Waals surface area contributed by atoms with Crippen molar-refractivity contribution in [1.82, 2.24) is 10.2 Å². The zero-order chi connectivity index (χ0) is 24.3. The molecule has 2 aromatic carbocycles. The van der Waals surface area contributed by atoms with Gasteiger partial charge in [-0.25, -0.2) is 9.59 Å². The first-order chi connectivity index (χ1) is 16.3. The van der Waals surface area contributed by atoms with Crippen molar-refractivity contribution in [2.45, 2.75) is 31.7 Å². The second-order valence-electron chi connectivity index (χ2n) is 9.05. The second kappa shape index (κ2) is 9.85. The van der Waals surface area contributed by atoms with E-state index in [-0.39, 0.29) is 31.6 Å². The fourth-order valence-corrected chi connectivity index (χ4v) is 4.84. The number of carbonyl (C=O) groups is 3. The highest BCUT2D eigenvalue weighted by atomic mass is 16.5. The van der Waals surface area contributed by atoms with E-state index < -0.39 is 23.5 Å². The molecule has 8 heteroatoms. The number of nitrogens with one attached hydrogen (secondary N) is 1. The number of likely N-dealkylation sites (N-methyl/N-ethyl adjacent to an activating group) is 1. The molecule has 2 aromatic rings. The van der Waals surface area contributed by atoms with Gasteiger partial charge in [-0.3, -0.25) is 4.79 Å². The molecule has 1 heterocycles. The summed E-state index contributed by atoms with van der Waals surface area (Å²) in [7, 11) is 1.46. The van der Waals surface area contributed by atoms with Gasteiger partial charge in [0, 0.05) is 26.1 Å². The molecule has 0 radical (unpaired) electrons. The Morgan fingerprint density at radius 3 is 2.32 bits per heavy atom. The molecule has 34 heavy (non-hydrogen) atoms. The number of carboxylic acids is 1. The monoisotopic (exact) mass is 466 g/mol. The molecule has 2 unspecified atom stereocenters. The molecule has 1 aliphatic carbocycles. The molecular formula is C26H30N2O6. The number of carbonyl (C=O) groups excluding carboxylic acids is 2. The largest absolute Gasteiger partial charge is 0.480 e. The maximum absolute atomic E-state index is 13.2. The lowest BCUT2D eigenvalue weighted by molar-refractivity contribution is -0.157. The molecule has 180 valence electrons. The fraction of sp³-hybridized carbons (Fsp3) is 0.423. The maximum atomic E-state index is 13.2. The molecule has 2 amide bonds. The number of carboxylic acid groups (broad SMARTS) is 1. The minimum Gasteiger partial charge on any atom is -0.480 e. The fourth-order valence-electron chi connectivity index (χ4n) is 4.84. The third-order valence-electron chi connectivity index (χ3n) is 6.95. The standard InChI is InChI=1S/C26H30N2O6/c1-17(23(29)30)28(2)24(31)26(12-7-13-33-16-26)15-27-25(32)34-14-22-20-10-5-3-8-18(20)19-9-4-6-11-21(19)22/h3-6,8-11,17,22H,7,12-16H2,1-2H3,(H,27,32)(H,29,30). The number of fused-ring (bicyclic) bond motifs is 3. The predicted molar refractivity (Wildman–Crippen MR) is 125 cm³/mol. The first kappa shape index (κ1) is 23.8. The van der Waals surface area contributed by atoms with Crippen LogP contribution in [0.4, 0.5) is 4.79 Å². The molecule has 0 aromatic heterocycles. The molecule has 1 fully saturated rings. The minimum atomic E-state index is -1.09. The number of benzene rings is 2. The van der Waals surface area contributed by atoms with Gasteiger partial charge in [0.2, 0.25) is 5.91 Å². The first-order valence-corrected chi connectivity index (χ1v) is 11.5. The van der Waals surface area contributed by atoms with Crippen LogP contribution in [0.2, 0.25) is 0 Å². The number of ether oxygens (including phenoxy) is 2. The van der Waals surface area contributed by atoms with Crippen LogP contribution in [0.1, 0.15) is 36.8 Å². The zero-order valence-electron chi connectivity index (χ0n) is 19.5. The molecule has 2 atom stereocenters. The lowest BCUT2D eigenvalue weighted by atomic mass is 9.80. The SMILES string of the molecule is CC(C(=O)O)N(C)C(=O)C1(CNC(=O)OCC2c3ccccc3-c3ccccc32)CCCOC1. The number of nitrogens with zero attached hydrogens (tertiary/aromatic N) is 1. The Bertz CT molecular complexity index is 1030. The van der Waals surface area contributed by atoms with Crippen LogP contribution in [0.15, 0.2) is 48.5 Å². The van der Waals surface area contributed by atoms with Crippen LogP contribution in [-0.4, -0.2) is 67.4 Å². The zero-order valence-corrected chi connectivity index (χ0v) is 19.5. The van der Waals surface area contributed by atoms with Crippen LogP contribution in [0.3, 0.4) is 0 Å². The van der Waals surface area contributed by atoms with Crippen molar-refractivity contribution in [2.24, 2.45) is 5.41 Å². The number of amides is 2. The molecule has 1 saturated heterocycles. The summed E-state index contributed by atoms with van der Waals surface area (Å²) in [5.41, 5.74) is 3.50. The quantitative estimate of drug-likeness (QED) is 0.649. The lowest BCUT2D eigenvalue weighted by Gasteiger charge is -2.39. The second-order valence-corrected chi connectivity index (χ2v) is 9.05. The predicted octanol–water partition coefficient (Wildman–Crippen LogP) is 3.25. The van der Waals surface area contributed by atoms with Crippen molar-refractivity contribution >= 4 is 18.0 Å². The van der Waals surface area contributed by atoms with Gasteiger partial charge in [-0.15, -0.1) is 0 Å². The molecule has 4 rings (SSSR count). The Morgan fingerprint density at radius 2 is 1.76 bits per heavy atom. The third-order valence-corrected chi connectivity index (χ3v) is 6.95. The normalized spacial score (nSPS) is 20.1. The molecule has 2 aliphatic rings. The summed E-state index contributed by atoms with van der Waals surface area (Å²) in [6.45, 7) is 2.29. The van der Waals surface area contributed by atoms with E-state index in [1.807, 2.05) is 36.4 Å². The highest BCUT2D eigenvalue weighted by Crippen LogP contribution is 2.44. The number of alkyl carbamates (subject to hydrolysis) is 1. The average Bonchev–Trinajstić information content (AvgIpc) is 3.19. The van der Waals surface area contributed by atoms with Crippen molar-refractivity contribution in [3.05, 3.63) is 59.7 Å². The van der Waals surface area contributed by atoms with Gasteiger partial charge >= 0.3 is 12.1 Å². The third kappa shape index (κ3) is 4.50. The van der Waals surface area contributed by atoms with Gasteiger partial charge in [0.25, 0.3) is 0 Å². The smallest absolute Gasteiger partial charge is 0.407 e. The van der Waals surface area contributed by atoms with E-state index in [9.17, 15) is 19.5 Å². The molecule has 2 N–H and O–H groups in total. The lowest BCUT2D eigenvalue weighted by Crippen LogP contribution is -2.56. The van der Waals surface area contributed by atoms with Crippen molar-refractivity contribution in [1.29, 1.82) is 0 Å². The molecule has 1 aliphatic heterocycles. The summed E-state index contributed by atoms with van der Waals surface area (Å²) < 4.78 is 11.2. The van der Waals surface area contributed by atoms with Gasteiger partial charge in [-0.2, -0.15) is 0 Å².